The zero-order chi connectivity index (χ0) is 15.4. The molecule has 1 amide bonds. The second kappa shape index (κ2) is 6.57. The third-order valence-electron chi connectivity index (χ3n) is 3.89. The van der Waals surface area contributed by atoms with Crippen molar-refractivity contribution in [2.24, 2.45) is 0 Å². The van der Waals surface area contributed by atoms with Crippen LogP contribution >= 0.6 is 0 Å². The zero-order valence-electron chi connectivity index (χ0n) is 13.2. The highest BCUT2D eigenvalue weighted by Gasteiger charge is 2.10. The normalized spacial score (nSPS) is 12.0. The fourth-order valence-corrected chi connectivity index (χ4v) is 2.30. The molecule has 0 aliphatic heterocycles. The van der Waals surface area contributed by atoms with Gasteiger partial charge in [-0.25, -0.2) is 0 Å². The standard InChI is InChI=1S/C19H23NO/c1-13-5-8-17(9-6-13)12-19(21)20-16(4)18-10-7-14(2)15(3)11-18/h5-11,16H,12H2,1-4H3,(H,20,21)/t16-/m1/s1. The van der Waals surface area contributed by atoms with Gasteiger partial charge in [-0.2, -0.15) is 0 Å². The first-order valence-corrected chi connectivity index (χ1v) is 7.38. The lowest BCUT2D eigenvalue weighted by atomic mass is 10.0. The molecule has 0 radical (unpaired) electrons. The maximum atomic E-state index is 12.1. The molecule has 2 nitrogen and oxygen atoms in total. The number of rotatable bonds is 4. The number of carbonyl (C=O) groups is 1. The molecule has 1 N–H and O–H groups in total. The number of nitrogens with one attached hydrogen (secondary N) is 1. The van der Waals surface area contributed by atoms with E-state index in [0.29, 0.717) is 6.42 Å². The lowest BCUT2D eigenvalue weighted by Gasteiger charge is -2.16. The van der Waals surface area contributed by atoms with Crippen LogP contribution in [0.2, 0.25) is 0 Å². The highest BCUT2D eigenvalue weighted by atomic mass is 16.1. The summed E-state index contributed by atoms with van der Waals surface area (Å²) in [7, 11) is 0. The van der Waals surface area contributed by atoms with E-state index in [1.54, 1.807) is 0 Å². The molecule has 0 bridgehead atoms. The van der Waals surface area contributed by atoms with Crippen molar-refractivity contribution < 1.29 is 4.79 Å². The van der Waals surface area contributed by atoms with Crippen LogP contribution in [0.1, 0.15) is 40.8 Å². The van der Waals surface area contributed by atoms with Crippen molar-refractivity contribution >= 4 is 5.91 Å². The van der Waals surface area contributed by atoms with E-state index >= 15 is 0 Å². The Bertz CT molecular complexity index is 629. The number of amides is 1. The highest BCUT2D eigenvalue weighted by molar-refractivity contribution is 5.79. The van der Waals surface area contributed by atoms with Gasteiger partial charge in [0.15, 0.2) is 0 Å². The number of hydrogen-bond donors (Lipinski definition) is 1. The van der Waals surface area contributed by atoms with Gasteiger partial charge in [-0.15, -0.1) is 0 Å². The van der Waals surface area contributed by atoms with Crippen LogP contribution < -0.4 is 5.32 Å². The van der Waals surface area contributed by atoms with Gasteiger partial charge in [0.1, 0.15) is 0 Å². The van der Waals surface area contributed by atoms with E-state index in [4.69, 9.17) is 0 Å². The van der Waals surface area contributed by atoms with Crippen LogP contribution in [0.5, 0.6) is 0 Å². The lowest BCUT2D eigenvalue weighted by molar-refractivity contribution is -0.121. The number of aryl methyl sites for hydroxylation is 3. The molecule has 1 atom stereocenters. The van der Waals surface area contributed by atoms with Gasteiger partial charge in [0, 0.05) is 0 Å². The average molecular weight is 281 g/mol. The van der Waals surface area contributed by atoms with Crippen molar-refractivity contribution in [3.8, 4) is 0 Å². The second-order valence-electron chi connectivity index (χ2n) is 5.80. The number of hydrogen-bond acceptors (Lipinski definition) is 1. The summed E-state index contributed by atoms with van der Waals surface area (Å²) in [5.74, 6) is 0.0598. The van der Waals surface area contributed by atoms with E-state index in [9.17, 15) is 4.79 Å². The molecule has 110 valence electrons. The molecular formula is C19H23NO. The first kappa shape index (κ1) is 15.3. The first-order valence-electron chi connectivity index (χ1n) is 7.38. The Kier molecular flexibility index (Phi) is 4.79. The lowest BCUT2D eigenvalue weighted by Crippen LogP contribution is -2.28. The maximum Gasteiger partial charge on any atom is 0.224 e. The summed E-state index contributed by atoms with van der Waals surface area (Å²) in [6.45, 7) is 8.27. The summed E-state index contributed by atoms with van der Waals surface area (Å²) in [4.78, 5) is 12.1. The summed E-state index contributed by atoms with van der Waals surface area (Å²) >= 11 is 0. The van der Waals surface area contributed by atoms with E-state index in [-0.39, 0.29) is 11.9 Å². The molecule has 21 heavy (non-hydrogen) atoms. The molecule has 0 aromatic heterocycles. The summed E-state index contributed by atoms with van der Waals surface area (Å²) in [5, 5.41) is 3.07. The summed E-state index contributed by atoms with van der Waals surface area (Å²) in [5.41, 5.74) is 5.94. The van der Waals surface area contributed by atoms with Crippen molar-refractivity contribution in [3.63, 3.8) is 0 Å². The molecule has 0 fully saturated rings. The van der Waals surface area contributed by atoms with Gasteiger partial charge in [0.2, 0.25) is 5.91 Å². The van der Waals surface area contributed by atoms with E-state index in [1.807, 2.05) is 38.1 Å². The van der Waals surface area contributed by atoms with Gasteiger partial charge in [0.25, 0.3) is 0 Å². The van der Waals surface area contributed by atoms with E-state index in [1.165, 1.54) is 16.7 Å². The van der Waals surface area contributed by atoms with Gasteiger partial charge in [-0.3, -0.25) is 4.79 Å². The molecule has 0 unspecified atom stereocenters. The molecular weight excluding hydrogens is 258 g/mol. The Morgan fingerprint density at radius 3 is 2.29 bits per heavy atom. The van der Waals surface area contributed by atoms with Crippen LogP contribution in [0.25, 0.3) is 0 Å². The molecule has 0 aliphatic rings. The van der Waals surface area contributed by atoms with E-state index in [2.05, 4.69) is 37.4 Å². The van der Waals surface area contributed by atoms with Crippen LogP contribution in [0.15, 0.2) is 42.5 Å². The van der Waals surface area contributed by atoms with Crippen molar-refractivity contribution in [1.29, 1.82) is 0 Å². The van der Waals surface area contributed by atoms with Crippen molar-refractivity contribution in [2.45, 2.75) is 40.2 Å². The maximum absolute atomic E-state index is 12.1. The average Bonchev–Trinajstić information content (AvgIpc) is 2.44. The van der Waals surface area contributed by atoms with Crippen LogP contribution in [-0.4, -0.2) is 5.91 Å². The molecule has 0 spiro atoms. The third-order valence-corrected chi connectivity index (χ3v) is 3.89. The SMILES string of the molecule is Cc1ccc(CC(=O)N[C@H](C)c2ccc(C)c(C)c2)cc1. The van der Waals surface area contributed by atoms with Crippen molar-refractivity contribution in [1.82, 2.24) is 5.32 Å². The molecule has 2 aromatic rings. The van der Waals surface area contributed by atoms with E-state index in [0.717, 1.165) is 11.1 Å². The predicted octanol–water partition coefficient (Wildman–Crippen LogP) is 4.03. The molecule has 0 saturated heterocycles. The molecule has 2 aromatic carbocycles. The van der Waals surface area contributed by atoms with Crippen LogP contribution in [-0.2, 0) is 11.2 Å². The van der Waals surface area contributed by atoms with Crippen molar-refractivity contribution in [3.05, 3.63) is 70.3 Å². The van der Waals surface area contributed by atoms with E-state index < -0.39 is 0 Å². The first-order chi connectivity index (χ1) is 9.95. The van der Waals surface area contributed by atoms with Gasteiger partial charge >= 0.3 is 0 Å². The topological polar surface area (TPSA) is 29.1 Å². The Labute approximate surface area is 127 Å². The molecule has 0 saturated carbocycles. The Morgan fingerprint density at radius 2 is 1.67 bits per heavy atom. The van der Waals surface area contributed by atoms with Gasteiger partial charge in [0.05, 0.1) is 12.5 Å². The van der Waals surface area contributed by atoms with Gasteiger partial charge in [-0.1, -0.05) is 48.0 Å². The minimum Gasteiger partial charge on any atom is -0.349 e. The fourth-order valence-electron chi connectivity index (χ4n) is 2.30. The smallest absolute Gasteiger partial charge is 0.224 e. The minimum absolute atomic E-state index is 0.0299. The predicted molar refractivity (Wildman–Crippen MR) is 87.4 cm³/mol. The summed E-state index contributed by atoms with van der Waals surface area (Å²) in [6.07, 6.45) is 0.426. The number of benzene rings is 2. The highest BCUT2D eigenvalue weighted by Crippen LogP contribution is 2.17. The Balaban J connectivity index is 1.98. The van der Waals surface area contributed by atoms with Gasteiger partial charge in [-0.05, 0) is 49.9 Å². The second-order valence-corrected chi connectivity index (χ2v) is 5.80. The zero-order valence-corrected chi connectivity index (χ0v) is 13.2. The quantitative estimate of drug-likeness (QED) is 0.900. The molecule has 0 aliphatic carbocycles. The largest absolute Gasteiger partial charge is 0.349 e. The van der Waals surface area contributed by atoms with Gasteiger partial charge < -0.3 is 5.32 Å². The fraction of sp³-hybridized carbons (Fsp3) is 0.316. The third kappa shape index (κ3) is 4.19. The molecule has 2 heteroatoms. The molecule has 2 rings (SSSR count). The minimum atomic E-state index is 0.0299. The summed E-state index contributed by atoms with van der Waals surface area (Å²) in [6, 6.07) is 14.5. The summed E-state index contributed by atoms with van der Waals surface area (Å²) < 4.78 is 0. The van der Waals surface area contributed by atoms with Crippen LogP contribution in [0, 0.1) is 20.8 Å². The van der Waals surface area contributed by atoms with Crippen molar-refractivity contribution in [2.75, 3.05) is 0 Å². The van der Waals surface area contributed by atoms with Crippen LogP contribution in [0.3, 0.4) is 0 Å². The number of carbonyl (C=O) groups excluding carboxylic acids is 1. The monoisotopic (exact) mass is 281 g/mol. The van der Waals surface area contributed by atoms with Crippen LogP contribution in [0.4, 0.5) is 0 Å². The Morgan fingerprint density at radius 1 is 1.00 bits per heavy atom. The Hall–Kier alpha value is -2.09. The molecule has 0 heterocycles.